The second kappa shape index (κ2) is 5.02. The second-order valence-electron chi connectivity index (χ2n) is 5.79. The molecule has 2 saturated heterocycles. The Morgan fingerprint density at radius 1 is 1.19 bits per heavy atom. The fourth-order valence-corrected chi connectivity index (χ4v) is 3.54. The number of hydrogen-bond acceptors (Lipinski definition) is 2. The fourth-order valence-electron chi connectivity index (χ4n) is 3.54. The molecule has 0 aliphatic carbocycles. The number of piperidine rings is 1. The summed E-state index contributed by atoms with van der Waals surface area (Å²) in [5.74, 6) is -0.208. The normalized spacial score (nSPS) is 25.1. The van der Waals surface area contributed by atoms with Crippen LogP contribution in [0.1, 0.15) is 29.9 Å². The van der Waals surface area contributed by atoms with Crippen LogP contribution in [0.25, 0.3) is 0 Å². The zero-order valence-electron chi connectivity index (χ0n) is 11.5. The summed E-state index contributed by atoms with van der Waals surface area (Å²) in [7, 11) is 0. The average Bonchev–Trinajstić information content (AvgIpc) is 2.76. The molecule has 1 amide bonds. The highest BCUT2D eigenvalue weighted by atomic mass is 19.4. The van der Waals surface area contributed by atoms with Crippen LogP contribution >= 0.6 is 0 Å². The standard InChI is InChI=1S/C15H17F3N2O/c16-15(17,18)11-3-1-2-10(8-11)12-9-20-13(21)14(12)4-6-19-7-5-14/h1-3,8,12,19H,4-7,9H2,(H,20,21). The molecular formula is C15H17F3N2O. The fraction of sp³-hybridized carbons (Fsp3) is 0.533. The lowest BCUT2D eigenvalue weighted by molar-refractivity contribution is -0.137. The maximum absolute atomic E-state index is 12.9. The molecule has 2 fully saturated rings. The molecular weight excluding hydrogens is 281 g/mol. The molecule has 1 aromatic carbocycles. The van der Waals surface area contributed by atoms with Gasteiger partial charge in [0.15, 0.2) is 0 Å². The van der Waals surface area contributed by atoms with E-state index in [0.717, 1.165) is 19.2 Å². The van der Waals surface area contributed by atoms with Gasteiger partial charge in [-0.25, -0.2) is 0 Å². The van der Waals surface area contributed by atoms with E-state index in [0.29, 0.717) is 24.9 Å². The van der Waals surface area contributed by atoms with Gasteiger partial charge in [-0.15, -0.1) is 0 Å². The SMILES string of the molecule is O=C1NCC(c2cccc(C(F)(F)F)c2)C12CCNCC2. The van der Waals surface area contributed by atoms with Gasteiger partial charge in [-0.1, -0.05) is 18.2 Å². The first-order valence-corrected chi connectivity index (χ1v) is 7.10. The lowest BCUT2D eigenvalue weighted by Gasteiger charge is -2.36. The minimum Gasteiger partial charge on any atom is -0.355 e. The van der Waals surface area contributed by atoms with Crippen molar-refractivity contribution in [2.45, 2.75) is 24.9 Å². The second-order valence-corrected chi connectivity index (χ2v) is 5.79. The first-order chi connectivity index (χ1) is 9.93. The van der Waals surface area contributed by atoms with E-state index in [1.54, 1.807) is 6.07 Å². The van der Waals surface area contributed by atoms with E-state index >= 15 is 0 Å². The molecule has 1 atom stereocenters. The number of rotatable bonds is 1. The van der Waals surface area contributed by atoms with Crippen molar-refractivity contribution in [1.82, 2.24) is 10.6 Å². The molecule has 2 N–H and O–H groups in total. The number of halogens is 3. The van der Waals surface area contributed by atoms with Crippen molar-refractivity contribution in [2.24, 2.45) is 5.41 Å². The van der Waals surface area contributed by atoms with E-state index in [-0.39, 0.29) is 11.8 Å². The van der Waals surface area contributed by atoms with Crippen LogP contribution in [0.4, 0.5) is 13.2 Å². The minimum atomic E-state index is -4.35. The Bertz CT molecular complexity index is 550. The number of benzene rings is 1. The van der Waals surface area contributed by atoms with Gasteiger partial charge in [-0.3, -0.25) is 4.79 Å². The third kappa shape index (κ3) is 2.41. The van der Waals surface area contributed by atoms with E-state index < -0.39 is 17.2 Å². The van der Waals surface area contributed by atoms with Crippen LogP contribution in [0, 0.1) is 5.41 Å². The molecule has 114 valence electrons. The summed E-state index contributed by atoms with van der Waals surface area (Å²) in [6, 6.07) is 5.39. The first kappa shape index (κ1) is 14.4. The summed E-state index contributed by atoms with van der Waals surface area (Å²) < 4.78 is 38.6. The predicted octanol–water partition coefficient (Wildman–Crippen LogP) is 2.29. The van der Waals surface area contributed by atoms with Crippen LogP contribution in [-0.4, -0.2) is 25.5 Å². The maximum Gasteiger partial charge on any atom is 0.416 e. The van der Waals surface area contributed by atoms with Crippen LogP contribution < -0.4 is 10.6 Å². The molecule has 2 aliphatic heterocycles. The Morgan fingerprint density at radius 2 is 1.90 bits per heavy atom. The van der Waals surface area contributed by atoms with Crippen molar-refractivity contribution in [2.75, 3.05) is 19.6 Å². The van der Waals surface area contributed by atoms with Gasteiger partial charge in [-0.05, 0) is 37.6 Å². The Hall–Kier alpha value is -1.56. The van der Waals surface area contributed by atoms with Gasteiger partial charge in [0.25, 0.3) is 0 Å². The van der Waals surface area contributed by atoms with Gasteiger partial charge >= 0.3 is 6.18 Å². The highest BCUT2D eigenvalue weighted by molar-refractivity contribution is 5.86. The Kier molecular flexibility index (Phi) is 3.43. The largest absolute Gasteiger partial charge is 0.416 e. The number of carbonyl (C=O) groups excluding carboxylic acids is 1. The Labute approximate surface area is 120 Å². The lowest BCUT2D eigenvalue weighted by Crippen LogP contribution is -2.44. The van der Waals surface area contributed by atoms with Crippen molar-refractivity contribution in [3.8, 4) is 0 Å². The summed E-state index contributed by atoms with van der Waals surface area (Å²) in [5, 5.41) is 6.04. The maximum atomic E-state index is 12.9. The molecule has 0 aromatic heterocycles. The number of alkyl halides is 3. The molecule has 21 heavy (non-hydrogen) atoms. The van der Waals surface area contributed by atoms with Gasteiger partial charge in [0.05, 0.1) is 11.0 Å². The summed E-state index contributed by atoms with van der Waals surface area (Å²) in [6.07, 6.45) is -3.02. The third-order valence-corrected chi connectivity index (χ3v) is 4.70. The molecule has 1 spiro atoms. The Balaban J connectivity index is 1.97. The molecule has 0 bridgehead atoms. The van der Waals surface area contributed by atoms with Crippen LogP contribution in [0.3, 0.4) is 0 Å². The lowest BCUT2D eigenvalue weighted by atomic mass is 9.68. The van der Waals surface area contributed by atoms with Gasteiger partial charge in [-0.2, -0.15) is 13.2 Å². The van der Waals surface area contributed by atoms with Gasteiger partial charge in [0.2, 0.25) is 5.91 Å². The van der Waals surface area contributed by atoms with E-state index in [4.69, 9.17) is 0 Å². The molecule has 3 rings (SSSR count). The smallest absolute Gasteiger partial charge is 0.355 e. The van der Waals surface area contributed by atoms with Crippen molar-refractivity contribution >= 4 is 5.91 Å². The van der Waals surface area contributed by atoms with Crippen LogP contribution in [0.5, 0.6) is 0 Å². The highest BCUT2D eigenvalue weighted by Gasteiger charge is 2.51. The number of carbonyl (C=O) groups is 1. The Morgan fingerprint density at radius 3 is 2.57 bits per heavy atom. The van der Waals surface area contributed by atoms with Crippen molar-refractivity contribution in [1.29, 1.82) is 0 Å². The predicted molar refractivity (Wildman–Crippen MR) is 71.7 cm³/mol. The molecule has 1 aromatic rings. The molecule has 0 saturated carbocycles. The van der Waals surface area contributed by atoms with Crippen molar-refractivity contribution in [3.05, 3.63) is 35.4 Å². The first-order valence-electron chi connectivity index (χ1n) is 7.10. The molecule has 2 aliphatic rings. The number of hydrogen-bond donors (Lipinski definition) is 2. The topological polar surface area (TPSA) is 41.1 Å². The summed E-state index contributed by atoms with van der Waals surface area (Å²) in [6.45, 7) is 1.87. The quantitative estimate of drug-likeness (QED) is 0.835. The third-order valence-electron chi connectivity index (χ3n) is 4.70. The zero-order valence-corrected chi connectivity index (χ0v) is 11.5. The van der Waals surface area contributed by atoms with Crippen LogP contribution in [-0.2, 0) is 11.0 Å². The molecule has 0 radical (unpaired) electrons. The van der Waals surface area contributed by atoms with Crippen LogP contribution in [0.2, 0.25) is 0 Å². The molecule has 3 nitrogen and oxygen atoms in total. The van der Waals surface area contributed by atoms with E-state index in [1.165, 1.54) is 12.1 Å². The van der Waals surface area contributed by atoms with Gasteiger partial charge < -0.3 is 10.6 Å². The van der Waals surface area contributed by atoms with Crippen LogP contribution in [0.15, 0.2) is 24.3 Å². The molecule has 1 unspecified atom stereocenters. The minimum absolute atomic E-state index is 0.0218. The van der Waals surface area contributed by atoms with E-state index in [9.17, 15) is 18.0 Å². The van der Waals surface area contributed by atoms with Gasteiger partial charge in [0.1, 0.15) is 0 Å². The summed E-state index contributed by atoms with van der Waals surface area (Å²) in [5.41, 5.74) is -0.608. The van der Waals surface area contributed by atoms with Crippen molar-refractivity contribution < 1.29 is 18.0 Å². The highest BCUT2D eigenvalue weighted by Crippen LogP contribution is 2.47. The summed E-state index contributed by atoms with van der Waals surface area (Å²) in [4.78, 5) is 12.3. The average molecular weight is 298 g/mol. The monoisotopic (exact) mass is 298 g/mol. The van der Waals surface area contributed by atoms with Gasteiger partial charge in [0, 0.05) is 12.5 Å². The number of amides is 1. The van der Waals surface area contributed by atoms with Crippen molar-refractivity contribution in [3.63, 3.8) is 0 Å². The molecule has 6 heteroatoms. The number of nitrogens with one attached hydrogen (secondary N) is 2. The van der Waals surface area contributed by atoms with E-state index in [2.05, 4.69) is 10.6 Å². The van der Waals surface area contributed by atoms with E-state index in [1.807, 2.05) is 0 Å². The molecule has 2 heterocycles. The summed E-state index contributed by atoms with van der Waals surface area (Å²) >= 11 is 0. The zero-order chi connectivity index (χ0) is 15.1.